The lowest BCUT2D eigenvalue weighted by molar-refractivity contribution is -0.119. The smallest absolute Gasteiger partial charge is 0.269 e. The maximum Gasteiger partial charge on any atom is 0.269 e. The molecule has 1 aliphatic rings. The van der Waals surface area contributed by atoms with Crippen LogP contribution in [0.4, 0.5) is 4.39 Å². The fourth-order valence-electron chi connectivity index (χ4n) is 4.02. The minimum Gasteiger partial charge on any atom is -0.294 e. The molecule has 2 amide bonds. The topological polar surface area (TPSA) is 92.2 Å². The first-order valence-electron chi connectivity index (χ1n) is 11.7. The van der Waals surface area contributed by atoms with E-state index in [1.165, 1.54) is 30.3 Å². The van der Waals surface area contributed by atoms with Crippen LogP contribution in [0, 0.1) is 12.7 Å². The average molecular weight is 497 g/mol. The van der Waals surface area contributed by atoms with Gasteiger partial charge in [0.15, 0.2) is 11.0 Å². The standard InChI is InChI=1S/C25H29FN6O2S/c1-17-6-8-19(9-7-17)24(34)29-27-22(33)16-35-25-30-28-23(18(2)31-14-4-3-5-15-31)32(25)21-12-10-20(26)11-13-21/h6-13,18H,3-5,14-16H2,1-2H3,(H,27,33)(H,29,34). The van der Waals surface area contributed by atoms with Crippen molar-refractivity contribution in [2.75, 3.05) is 18.8 Å². The highest BCUT2D eigenvalue weighted by atomic mass is 32.2. The Morgan fingerprint density at radius 3 is 2.37 bits per heavy atom. The third-order valence-electron chi connectivity index (χ3n) is 6.02. The van der Waals surface area contributed by atoms with Gasteiger partial charge in [-0.2, -0.15) is 0 Å². The van der Waals surface area contributed by atoms with Crippen molar-refractivity contribution in [2.24, 2.45) is 0 Å². The van der Waals surface area contributed by atoms with Crippen LogP contribution in [0.15, 0.2) is 53.7 Å². The van der Waals surface area contributed by atoms with E-state index in [9.17, 15) is 14.0 Å². The van der Waals surface area contributed by atoms with Gasteiger partial charge in [-0.05, 0) is 76.2 Å². The predicted molar refractivity (Wildman–Crippen MR) is 133 cm³/mol. The summed E-state index contributed by atoms with van der Waals surface area (Å²) in [6.45, 7) is 6.01. The molecule has 3 aromatic rings. The van der Waals surface area contributed by atoms with Gasteiger partial charge in [0.25, 0.3) is 5.91 Å². The molecule has 2 heterocycles. The molecule has 1 unspecified atom stereocenters. The van der Waals surface area contributed by atoms with Crippen molar-refractivity contribution in [3.8, 4) is 5.69 Å². The number of hydrogen-bond donors (Lipinski definition) is 2. The molecule has 2 aromatic carbocycles. The summed E-state index contributed by atoms with van der Waals surface area (Å²) in [5, 5.41) is 9.31. The molecule has 2 N–H and O–H groups in total. The molecule has 0 bridgehead atoms. The summed E-state index contributed by atoms with van der Waals surface area (Å²) in [6.07, 6.45) is 3.51. The van der Waals surface area contributed by atoms with E-state index in [0.29, 0.717) is 10.7 Å². The highest BCUT2D eigenvalue weighted by molar-refractivity contribution is 7.99. The molecule has 10 heteroatoms. The number of likely N-dealkylation sites (tertiary alicyclic amines) is 1. The van der Waals surface area contributed by atoms with Crippen LogP contribution in [0.2, 0.25) is 0 Å². The molecular weight excluding hydrogens is 467 g/mol. The van der Waals surface area contributed by atoms with E-state index >= 15 is 0 Å². The van der Waals surface area contributed by atoms with Crippen LogP contribution < -0.4 is 10.9 Å². The van der Waals surface area contributed by atoms with Gasteiger partial charge in [0.05, 0.1) is 11.8 Å². The summed E-state index contributed by atoms with van der Waals surface area (Å²) in [6, 6.07) is 13.2. The minimum atomic E-state index is -0.393. The predicted octanol–water partition coefficient (Wildman–Crippen LogP) is 3.82. The van der Waals surface area contributed by atoms with Gasteiger partial charge in [-0.3, -0.25) is 29.9 Å². The van der Waals surface area contributed by atoms with Crippen molar-refractivity contribution in [1.29, 1.82) is 0 Å². The van der Waals surface area contributed by atoms with Crippen molar-refractivity contribution in [1.82, 2.24) is 30.5 Å². The largest absolute Gasteiger partial charge is 0.294 e. The first-order chi connectivity index (χ1) is 16.9. The van der Waals surface area contributed by atoms with Crippen molar-refractivity contribution < 1.29 is 14.0 Å². The van der Waals surface area contributed by atoms with Gasteiger partial charge in [-0.15, -0.1) is 10.2 Å². The summed E-state index contributed by atoms with van der Waals surface area (Å²) in [7, 11) is 0. The van der Waals surface area contributed by atoms with Crippen LogP contribution in [0.25, 0.3) is 5.69 Å². The van der Waals surface area contributed by atoms with E-state index < -0.39 is 5.91 Å². The number of nitrogens with zero attached hydrogens (tertiary/aromatic N) is 4. The fourth-order valence-corrected chi connectivity index (χ4v) is 4.78. The lowest BCUT2D eigenvalue weighted by Crippen LogP contribution is -2.42. The Labute approximate surface area is 208 Å². The van der Waals surface area contributed by atoms with Crippen LogP contribution in [0.3, 0.4) is 0 Å². The van der Waals surface area contributed by atoms with E-state index in [0.717, 1.165) is 43.0 Å². The van der Waals surface area contributed by atoms with E-state index in [2.05, 4.69) is 32.9 Å². The number of piperidine rings is 1. The second kappa shape index (κ2) is 11.5. The minimum absolute atomic E-state index is 0.0184. The quantitative estimate of drug-likeness (QED) is 0.382. The Hall–Kier alpha value is -3.24. The lowest BCUT2D eigenvalue weighted by Gasteiger charge is -2.31. The Kier molecular flexibility index (Phi) is 8.14. The number of aryl methyl sites for hydroxylation is 1. The van der Waals surface area contributed by atoms with Gasteiger partial charge in [-0.1, -0.05) is 35.9 Å². The van der Waals surface area contributed by atoms with E-state index in [1.54, 1.807) is 24.3 Å². The molecule has 4 rings (SSSR count). The molecule has 0 spiro atoms. The summed E-state index contributed by atoms with van der Waals surface area (Å²) >= 11 is 1.20. The molecule has 1 aliphatic heterocycles. The number of thioether (sulfide) groups is 1. The number of nitrogens with one attached hydrogen (secondary N) is 2. The van der Waals surface area contributed by atoms with Crippen LogP contribution in [-0.2, 0) is 4.79 Å². The summed E-state index contributed by atoms with van der Waals surface area (Å²) in [4.78, 5) is 27.0. The molecule has 184 valence electrons. The number of aromatic nitrogens is 3. The SMILES string of the molecule is Cc1ccc(C(=O)NNC(=O)CSc2nnc(C(C)N3CCCCC3)n2-c2ccc(F)cc2)cc1. The molecule has 0 aliphatic carbocycles. The molecule has 0 radical (unpaired) electrons. The van der Waals surface area contributed by atoms with Crippen molar-refractivity contribution in [2.45, 2.75) is 44.3 Å². The second-order valence-corrected chi connectivity index (χ2v) is 9.52. The van der Waals surface area contributed by atoms with Gasteiger partial charge in [0.1, 0.15) is 5.82 Å². The van der Waals surface area contributed by atoms with Crippen molar-refractivity contribution in [3.05, 3.63) is 71.3 Å². The zero-order chi connectivity index (χ0) is 24.8. The Morgan fingerprint density at radius 2 is 1.69 bits per heavy atom. The van der Waals surface area contributed by atoms with E-state index in [4.69, 9.17) is 0 Å². The van der Waals surface area contributed by atoms with E-state index in [-0.39, 0.29) is 23.5 Å². The van der Waals surface area contributed by atoms with Gasteiger partial charge in [-0.25, -0.2) is 4.39 Å². The highest BCUT2D eigenvalue weighted by Crippen LogP contribution is 2.29. The molecule has 35 heavy (non-hydrogen) atoms. The van der Waals surface area contributed by atoms with Gasteiger partial charge in [0.2, 0.25) is 5.91 Å². The lowest BCUT2D eigenvalue weighted by atomic mass is 10.1. The zero-order valence-corrected chi connectivity index (χ0v) is 20.6. The van der Waals surface area contributed by atoms with Crippen LogP contribution in [0.5, 0.6) is 0 Å². The van der Waals surface area contributed by atoms with Crippen LogP contribution in [0.1, 0.15) is 54.0 Å². The monoisotopic (exact) mass is 496 g/mol. The van der Waals surface area contributed by atoms with Gasteiger partial charge in [0, 0.05) is 11.3 Å². The third-order valence-corrected chi connectivity index (χ3v) is 6.95. The first-order valence-corrected chi connectivity index (χ1v) is 12.6. The van der Waals surface area contributed by atoms with Crippen LogP contribution >= 0.6 is 11.8 Å². The number of hydrogen-bond acceptors (Lipinski definition) is 6. The zero-order valence-electron chi connectivity index (χ0n) is 19.8. The Bertz CT molecular complexity index is 1160. The number of carbonyl (C=O) groups is 2. The summed E-state index contributed by atoms with van der Waals surface area (Å²) in [5.41, 5.74) is 7.09. The summed E-state index contributed by atoms with van der Waals surface area (Å²) in [5.74, 6) is -0.337. The molecule has 1 saturated heterocycles. The fraction of sp³-hybridized carbons (Fsp3) is 0.360. The van der Waals surface area contributed by atoms with Gasteiger partial charge >= 0.3 is 0 Å². The molecule has 1 fully saturated rings. The average Bonchev–Trinajstić information content (AvgIpc) is 3.31. The first kappa shape index (κ1) is 24.9. The maximum atomic E-state index is 13.6. The third kappa shape index (κ3) is 6.26. The molecular formula is C25H29FN6O2S. The normalized spacial score (nSPS) is 14.9. The number of benzene rings is 2. The number of rotatable bonds is 7. The molecule has 1 atom stereocenters. The number of hydrazine groups is 1. The molecule has 8 nitrogen and oxygen atoms in total. The van der Waals surface area contributed by atoms with Crippen LogP contribution in [-0.4, -0.2) is 50.3 Å². The van der Waals surface area contributed by atoms with Gasteiger partial charge < -0.3 is 0 Å². The Morgan fingerprint density at radius 1 is 1.00 bits per heavy atom. The van der Waals surface area contributed by atoms with Crippen molar-refractivity contribution in [3.63, 3.8) is 0 Å². The van der Waals surface area contributed by atoms with Crippen molar-refractivity contribution >= 4 is 23.6 Å². The summed E-state index contributed by atoms with van der Waals surface area (Å²) < 4.78 is 15.5. The number of carbonyl (C=O) groups excluding carboxylic acids is 2. The molecule has 1 aromatic heterocycles. The second-order valence-electron chi connectivity index (χ2n) is 8.58. The maximum absolute atomic E-state index is 13.6. The molecule has 0 saturated carbocycles. The number of halogens is 1. The highest BCUT2D eigenvalue weighted by Gasteiger charge is 2.26. The number of amides is 2. The Balaban J connectivity index is 1.45. The van der Waals surface area contributed by atoms with E-state index in [1.807, 2.05) is 23.6 Å².